The Morgan fingerprint density at radius 2 is 2.05 bits per heavy atom. The van der Waals surface area contributed by atoms with E-state index in [9.17, 15) is 4.79 Å². The predicted molar refractivity (Wildman–Crippen MR) is 81.2 cm³/mol. The third kappa shape index (κ3) is 2.85. The first-order chi connectivity index (χ1) is 9.34. The number of carbonyl (C=O) groups excluding carboxylic acids is 1. The van der Waals surface area contributed by atoms with Crippen LogP contribution in [-0.4, -0.2) is 30.1 Å². The molecule has 2 N–H and O–H groups in total. The van der Waals surface area contributed by atoms with Crippen molar-refractivity contribution in [2.45, 2.75) is 33.2 Å². The number of rotatable bonds is 4. The van der Waals surface area contributed by atoms with Gasteiger partial charge in [-0.3, -0.25) is 4.79 Å². The van der Waals surface area contributed by atoms with Crippen molar-refractivity contribution in [2.75, 3.05) is 13.7 Å². The lowest BCUT2D eigenvalue weighted by molar-refractivity contribution is 0.0820. The second-order valence-electron chi connectivity index (χ2n) is 5.91. The fourth-order valence-electron chi connectivity index (χ4n) is 2.38. The molecule has 0 aliphatic carbocycles. The van der Waals surface area contributed by atoms with Gasteiger partial charge in [0, 0.05) is 29.3 Å². The molecule has 0 radical (unpaired) electrons. The molecular weight excluding hydrogens is 252 g/mol. The molecule has 108 valence electrons. The van der Waals surface area contributed by atoms with Crippen LogP contribution in [0.1, 0.15) is 35.5 Å². The molecule has 0 unspecified atom stereocenters. The van der Waals surface area contributed by atoms with Crippen LogP contribution in [0.5, 0.6) is 0 Å². The van der Waals surface area contributed by atoms with E-state index in [-0.39, 0.29) is 11.4 Å². The Labute approximate surface area is 119 Å². The maximum Gasteiger partial charge on any atom is 0.251 e. The number of aryl methyl sites for hydroxylation is 2. The Balaban J connectivity index is 2.29. The molecule has 0 spiro atoms. The van der Waals surface area contributed by atoms with Crippen molar-refractivity contribution in [3.8, 4) is 0 Å². The van der Waals surface area contributed by atoms with Crippen LogP contribution in [0.2, 0.25) is 0 Å². The molecule has 2 aromatic rings. The van der Waals surface area contributed by atoms with Crippen molar-refractivity contribution in [2.24, 2.45) is 0 Å². The van der Waals surface area contributed by atoms with Crippen molar-refractivity contribution in [3.63, 3.8) is 0 Å². The predicted octanol–water partition coefficient (Wildman–Crippen LogP) is 2.94. The number of H-pyrrole nitrogens is 1. The van der Waals surface area contributed by atoms with E-state index in [0.29, 0.717) is 12.2 Å². The maximum atomic E-state index is 12.3. The van der Waals surface area contributed by atoms with Gasteiger partial charge in [-0.05, 0) is 51.5 Å². The lowest BCUT2D eigenvalue weighted by Gasteiger charge is -2.25. The third-order valence-electron chi connectivity index (χ3n) is 3.53. The summed E-state index contributed by atoms with van der Waals surface area (Å²) in [4.78, 5) is 15.6. The summed E-state index contributed by atoms with van der Waals surface area (Å²) in [5.74, 6) is -0.0767. The van der Waals surface area contributed by atoms with E-state index >= 15 is 0 Å². The van der Waals surface area contributed by atoms with Gasteiger partial charge in [-0.1, -0.05) is 0 Å². The second-order valence-corrected chi connectivity index (χ2v) is 5.91. The van der Waals surface area contributed by atoms with Crippen LogP contribution in [0.25, 0.3) is 10.9 Å². The highest BCUT2D eigenvalue weighted by Gasteiger charge is 2.21. The van der Waals surface area contributed by atoms with Crippen LogP contribution in [0.4, 0.5) is 0 Å². The zero-order valence-corrected chi connectivity index (χ0v) is 12.8. The lowest BCUT2D eigenvalue weighted by Crippen LogP contribution is -2.46. The van der Waals surface area contributed by atoms with Crippen molar-refractivity contribution in [3.05, 3.63) is 35.0 Å². The van der Waals surface area contributed by atoms with E-state index in [0.717, 1.165) is 16.6 Å². The Morgan fingerprint density at radius 1 is 1.35 bits per heavy atom. The monoisotopic (exact) mass is 274 g/mol. The molecule has 0 saturated carbocycles. The van der Waals surface area contributed by atoms with Crippen LogP contribution >= 0.6 is 0 Å². The van der Waals surface area contributed by atoms with E-state index < -0.39 is 0 Å². The zero-order valence-electron chi connectivity index (χ0n) is 12.8. The standard InChI is InChI=1S/C16H22N2O2/c1-10-11(2)17-14-7-6-12(8-13(10)14)15(19)18-16(3,4)9-20-5/h6-8,17H,9H2,1-5H3,(H,18,19). The summed E-state index contributed by atoms with van der Waals surface area (Å²) in [7, 11) is 1.63. The smallest absolute Gasteiger partial charge is 0.251 e. The summed E-state index contributed by atoms with van der Waals surface area (Å²) >= 11 is 0. The minimum Gasteiger partial charge on any atom is -0.382 e. The summed E-state index contributed by atoms with van der Waals surface area (Å²) in [6.07, 6.45) is 0. The Bertz CT molecular complexity index is 641. The van der Waals surface area contributed by atoms with Crippen molar-refractivity contribution >= 4 is 16.8 Å². The quantitative estimate of drug-likeness (QED) is 0.900. The number of methoxy groups -OCH3 is 1. The molecule has 1 heterocycles. The molecule has 1 aromatic heterocycles. The summed E-state index contributed by atoms with van der Waals surface area (Å²) < 4.78 is 5.12. The van der Waals surface area contributed by atoms with Crippen LogP contribution in [0.3, 0.4) is 0 Å². The minimum atomic E-state index is -0.385. The van der Waals surface area contributed by atoms with Gasteiger partial charge in [-0.15, -0.1) is 0 Å². The highest BCUT2D eigenvalue weighted by molar-refractivity contribution is 5.99. The number of nitrogens with one attached hydrogen (secondary N) is 2. The van der Waals surface area contributed by atoms with Crippen LogP contribution in [0.15, 0.2) is 18.2 Å². The summed E-state index contributed by atoms with van der Waals surface area (Å²) in [5, 5.41) is 4.09. The topological polar surface area (TPSA) is 54.1 Å². The molecule has 1 aromatic carbocycles. The second kappa shape index (κ2) is 5.29. The van der Waals surface area contributed by atoms with Gasteiger partial charge < -0.3 is 15.0 Å². The van der Waals surface area contributed by atoms with E-state index in [1.54, 1.807) is 7.11 Å². The molecule has 4 nitrogen and oxygen atoms in total. The Hall–Kier alpha value is -1.81. The van der Waals surface area contributed by atoms with E-state index in [1.165, 1.54) is 5.56 Å². The molecule has 20 heavy (non-hydrogen) atoms. The van der Waals surface area contributed by atoms with Gasteiger partial charge in [-0.2, -0.15) is 0 Å². The molecule has 0 fully saturated rings. The van der Waals surface area contributed by atoms with Crippen LogP contribution in [-0.2, 0) is 4.74 Å². The average Bonchev–Trinajstić information content (AvgIpc) is 2.64. The average molecular weight is 274 g/mol. The van der Waals surface area contributed by atoms with Gasteiger partial charge >= 0.3 is 0 Å². The lowest BCUT2D eigenvalue weighted by atomic mass is 10.0. The molecule has 0 aliphatic heterocycles. The number of carbonyl (C=O) groups is 1. The number of aromatic amines is 1. The number of aromatic nitrogens is 1. The summed E-state index contributed by atoms with van der Waals surface area (Å²) in [5.41, 5.74) is 3.67. The summed E-state index contributed by atoms with van der Waals surface area (Å²) in [6, 6.07) is 5.73. The molecule has 0 bridgehead atoms. The first kappa shape index (κ1) is 14.6. The van der Waals surface area contributed by atoms with Gasteiger partial charge in [-0.25, -0.2) is 0 Å². The Kier molecular flexibility index (Phi) is 3.86. The van der Waals surface area contributed by atoms with E-state index in [1.807, 2.05) is 39.0 Å². The van der Waals surface area contributed by atoms with E-state index in [2.05, 4.69) is 17.2 Å². The molecule has 0 saturated heterocycles. The number of amides is 1. The van der Waals surface area contributed by atoms with Gasteiger partial charge in [0.2, 0.25) is 0 Å². The molecule has 0 atom stereocenters. The normalized spacial score (nSPS) is 11.8. The molecular formula is C16H22N2O2. The van der Waals surface area contributed by atoms with Crippen LogP contribution in [0, 0.1) is 13.8 Å². The Morgan fingerprint density at radius 3 is 2.70 bits per heavy atom. The number of ether oxygens (including phenoxy) is 1. The molecule has 0 aliphatic rings. The molecule has 4 heteroatoms. The zero-order chi connectivity index (χ0) is 14.9. The maximum absolute atomic E-state index is 12.3. The van der Waals surface area contributed by atoms with Crippen molar-refractivity contribution in [1.82, 2.24) is 10.3 Å². The highest BCUT2D eigenvalue weighted by Crippen LogP contribution is 2.22. The summed E-state index contributed by atoms with van der Waals surface area (Å²) in [6.45, 7) is 8.46. The molecule has 1 amide bonds. The largest absolute Gasteiger partial charge is 0.382 e. The van der Waals surface area contributed by atoms with Gasteiger partial charge in [0.05, 0.1) is 12.1 Å². The third-order valence-corrected chi connectivity index (χ3v) is 3.53. The first-order valence-electron chi connectivity index (χ1n) is 6.74. The van der Waals surface area contributed by atoms with E-state index in [4.69, 9.17) is 4.74 Å². The van der Waals surface area contributed by atoms with Gasteiger partial charge in [0.1, 0.15) is 0 Å². The number of benzene rings is 1. The van der Waals surface area contributed by atoms with Crippen molar-refractivity contribution in [1.29, 1.82) is 0 Å². The number of hydrogen-bond donors (Lipinski definition) is 2. The van der Waals surface area contributed by atoms with Crippen LogP contribution < -0.4 is 5.32 Å². The SMILES string of the molecule is COCC(C)(C)NC(=O)c1ccc2[nH]c(C)c(C)c2c1. The van der Waals surface area contributed by atoms with Gasteiger partial charge in [0.15, 0.2) is 0 Å². The fraction of sp³-hybridized carbons (Fsp3) is 0.438. The highest BCUT2D eigenvalue weighted by atomic mass is 16.5. The first-order valence-corrected chi connectivity index (χ1v) is 6.74. The van der Waals surface area contributed by atoms with Gasteiger partial charge in [0.25, 0.3) is 5.91 Å². The number of fused-ring (bicyclic) bond motifs is 1. The fourth-order valence-corrected chi connectivity index (χ4v) is 2.38. The van der Waals surface area contributed by atoms with Crippen molar-refractivity contribution < 1.29 is 9.53 Å². The number of hydrogen-bond acceptors (Lipinski definition) is 2. The minimum absolute atomic E-state index is 0.0767. The molecule has 2 rings (SSSR count).